The minimum absolute atomic E-state index is 0.200. The Morgan fingerprint density at radius 1 is 0.913 bits per heavy atom. The Kier molecular flexibility index (Phi) is 6.28. The van der Waals surface area contributed by atoms with Crippen LogP contribution >= 0.6 is 34.8 Å². The first-order chi connectivity index (χ1) is 11.0. The highest BCUT2D eigenvalue weighted by Gasteiger charge is 2.14. The lowest BCUT2D eigenvalue weighted by Gasteiger charge is -2.08. The fraction of sp³-hybridized carbons (Fsp3) is 0.125. The Morgan fingerprint density at radius 3 is 2.35 bits per heavy atom. The van der Waals surface area contributed by atoms with Crippen molar-refractivity contribution in [1.82, 2.24) is 0 Å². The van der Waals surface area contributed by atoms with E-state index in [4.69, 9.17) is 44.3 Å². The number of Topliss-reactive ketones (excluding diaryl/α,β-unsaturated/α-hetero) is 1. The minimum Gasteiger partial charge on any atom is -0.480 e. The van der Waals surface area contributed by atoms with Crippen LogP contribution in [0.25, 0.3) is 0 Å². The van der Waals surface area contributed by atoms with Gasteiger partial charge in [-0.3, -0.25) is 4.79 Å². The fourth-order valence-electron chi connectivity index (χ4n) is 1.68. The third kappa shape index (κ3) is 5.13. The topological polar surface area (TPSA) is 52.6 Å². The number of carbonyl (C=O) groups is 2. The Balaban J connectivity index is 1.84. The molecule has 0 spiro atoms. The summed E-state index contributed by atoms with van der Waals surface area (Å²) in [4.78, 5) is 23.5. The van der Waals surface area contributed by atoms with Crippen LogP contribution in [0.5, 0.6) is 5.75 Å². The Bertz CT molecular complexity index is 731. The minimum atomic E-state index is -0.691. The maximum absolute atomic E-state index is 11.9. The lowest BCUT2D eigenvalue weighted by atomic mass is 10.1. The second kappa shape index (κ2) is 8.20. The number of rotatable bonds is 6. The molecule has 23 heavy (non-hydrogen) atoms. The standard InChI is InChI=1S/C16H11Cl3O4/c17-10-5-6-11(13(19)7-10)14(20)8-23-16(21)9-22-15-4-2-1-3-12(15)18/h1-7H,8-9H2. The summed E-state index contributed by atoms with van der Waals surface area (Å²) in [7, 11) is 0. The highest BCUT2D eigenvalue weighted by Crippen LogP contribution is 2.23. The highest BCUT2D eigenvalue weighted by molar-refractivity contribution is 6.36. The number of halogens is 3. The zero-order valence-electron chi connectivity index (χ0n) is 11.7. The summed E-state index contributed by atoms with van der Waals surface area (Å²) in [6, 6.07) is 11.2. The van der Waals surface area contributed by atoms with Crippen molar-refractivity contribution in [3.63, 3.8) is 0 Å². The summed E-state index contributed by atoms with van der Waals surface area (Å²) in [5, 5.41) is 0.992. The molecule has 4 nitrogen and oxygen atoms in total. The van der Waals surface area contributed by atoms with Gasteiger partial charge < -0.3 is 9.47 Å². The molecular formula is C16H11Cl3O4. The SMILES string of the molecule is O=C(COc1ccccc1Cl)OCC(=O)c1ccc(Cl)cc1Cl. The van der Waals surface area contributed by atoms with Gasteiger partial charge in [-0.2, -0.15) is 0 Å². The lowest BCUT2D eigenvalue weighted by molar-refractivity contribution is -0.144. The second-order valence-electron chi connectivity index (χ2n) is 4.43. The first-order valence-corrected chi connectivity index (χ1v) is 7.62. The van der Waals surface area contributed by atoms with Crippen molar-refractivity contribution >= 4 is 46.6 Å². The van der Waals surface area contributed by atoms with E-state index in [2.05, 4.69) is 0 Å². The van der Waals surface area contributed by atoms with Crippen LogP contribution in [0.3, 0.4) is 0 Å². The number of esters is 1. The van der Waals surface area contributed by atoms with Gasteiger partial charge in [-0.25, -0.2) is 4.79 Å². The van der Waals surface area contributed by atoms with Gasteiger partial charge in [0.25, 0.3) is 0 Å². The van der Waals surface area contributed by atoms with E-state index in [1.54, 1.807) is 24.3 Å². The molecule has 0 bridgehead atoms. The van der Waals surface area contributed by atoms with Gasteiger partial charge in [0.2, 0.25) is 5.78 Å². The molecule has 0 unspecified atom stereocenters. The first-order valence-electron chi connectivity index (χ1n) is 6.48. The molecule has 0 saturated carbocycles. The van der Waals surface area contributed by atoms with Crippen molar-refractivity contribution in [3.8, 4) is 5.75 Å². The Labute approximate surface area is 147 Å². The highest BCUT2D eigenvalue weighted by atomic mass is 35.5. The van der Waals surface area contributed by atoms with Crippen molar-refractivity contribution in [2.45, 2.75) is 0 Å². The first kappa shape index (κ1) is 17.6. The normalized spacial score (nSPS) is 10.2. The molecule has 2 rings (SSSR count). The molecule has 2 aromatic carbocycles. The van der Waals surface area contributed by atoms with Crippen molar-refractivity contribution in [3.05, 3.63) is 63.1 Å². The van der Waals surface area contributed by atoms with Gasteiger partial charge in [-0.05, 0) is 30.3 Å². The van der Waals surface area contributed by atoms with Crippen molar-refractivity contribution < 1.29 is 19.1 Å². The van der Waals surface area contributed by atoms with Gasteiger partial charge in [0.15, 0.2) is 13.2 Å². The Morgan fingerprint density at radius 2 is 1.65 bits per heavy atom. The van der Waals surface area contributed by atoms with Crippen LogP contribution < -0.4 is 4.74 Å². The fourth-order valence-corrected chi connectivity index (χ4v) is 2.38. The van der Waals surface area contributed by atoms with E-state index >= 15 is 0 Å². The molecule has 0 atom stereocenters. The molecule has 0 aromatic heterocycles. The lowest BCUT2D eigenvalue weighted by Crippen LogP contribution is -2.19. The number of hydrogen-bond acceptors (Lipinski definition) is 4. The third-order valence-corrected chi connectivity index (χ3v) is 3.64. The molecule has 0 radical (unpaired) electrons. The van der Waals surface area contributed by atoms with E-state index in [9.17, 15) is 9.59 Å². The van der Waals surface area contributed by atoms with Gasteiger partial charge in [0.05, 0.1) is 10.0 Å². The van der Waals surface area contributed by atoms with Gasteiger partial charge in [-0.1, -0.05) is 46.9 Å². The molecule has 0 N–H and O–H groups in total. The van der Waals surface area contributed by atoms with Crippen LogP contribution in [0.4, 0.5) is 0 Å². The summed E-state index contributed by atoms with van der Waals surface area (Å²) in [5.74, 6) is -0.765. The van der Waals surface area contributed by atoms with Gasteiger partial charge in [0.1, 0.15) is 5.75 Å². The predicted octanol–water partition coefficient (Wildman–Crippen LogP) is 4.45. The molecule has 0 heterocycles. The molecule has 120 valence electrons. The number of ether oxygens (including phenoxy) is 2. The quantitative estimate of drug-likeness (QED) is 0.554. The summed E-state index contributed by atoms with van der Waals surface area (Å²) in [6.07, 6.45) is 0. The van der Waals surface area contributed by atoms with Crippen LogP contribution in [-0.2, 0) is 9.53 Å². The number of para-hydroxylation sites is 1. The van der Waals surface area contributed by atoms with Gasteiger partial charge >= 0.3 is 5.97 Å². The average Bonchev–Trinajstić information content (AvgIpc) is 2.52. The summed E-state index contributed by atoms with van der Waals surface area (Å²) >= 11 is 17.6. The number of hydrogen-bond donors (Lipinski definition) is 0. The molecule has 7 heteroatoms. The molecule has 0 aliphatic rings. The zero-order valence-corrected chi connectivity index (χ0v) is 14.0. The zero-order chi connectivity index (χ0) is 16.8. The molecule has 0 aliphatic carbocycles. The molecule has 0 aliphatic heterocycles. The molecule has 0 amide bonds. The monoisotopic (exact) mass is 372 g/mol. The molecular weight excluding hydrogens is 363 g/mol. The third-order valence-electron chi connectivity index (χ3n) is 2.78. The van der Waals surface area contributed by atoms with E-state index in [1.807, 2.05) is 0 Å². The van der Waals surface area contributed by atoms with Gasteiger partial charge in [0, 0.05) is 10.6 Å². The maximum atomic E-state index is 11.9. The summed E-state index contributed by atoms with van der Waals surface area (Å²) in [5.41, 5.74) is 0.232. The number of carbonyl (C=O) groups excluding carboxylic acids is 2. The average molecular weight is 374 g/mol. The maximum Gasteiger partial charge on any atom is 0.344 e. The molecule has 0 fully saturated rings. The van der Waals surface area contributed by atoms with Crippen molar-refractivity contribution in [2.75, 3.05) is 13.2 Å². The van der Waals surface area contributed by atoms with Crippen LogP contribution in [0.15, 0.2) is 42.5 Å². The number of benzene rings is 2. The van der Waals surface area contributed by atoms with Crippen LogP contribution in [0, 0.1) is 0 Å². The largest absolute Gasteiger partial charge is 0.480 e. The smallest absolute Gasteiger partial charge is 0.344 e. The molecule has 2 aromatic rings. The summed E-state index contributed by atoms with van der Waals surface area (Å²) < 4.78 is 10.1. The van der Waals surface area contributed by atoms with Crippen molar-refractivity contribution in [1.29, 1.82) is 0 Å². The van der Waals surface area contributed by atoms with E-state index in [0.717, 1.165) is 0 Å². The predicted molar refractivity (Wildman–Crippen MR) is 88.7 cm³/mol. The Hall–Kier alpha value is -1.75. The second-order valence-corrected chi connectivity index (χ2v) is 5.68. The number of ketones is 1. The van der Waals surface area contributed by atoms with Crippen LogP contribution in [0.1, 0.15) is 10.4 Å². The van der Waals surface area contributed by atoms with Gasteiger partial charge in [-0.15, -0.1) is 0 Å². The van der Waals surface area contributed by atoms with E-state index in [-0.39, 0.29) is 17.2 Å². The van der Waals surface area contributed by atoms with E-state index in [1.165, 1.54) is 18.2 Å². The molecule has 0 saturated heterocycles. The van der Waals surface area contributed by atoms with Crippen LogP contribution in [0.2, 0.25) is 15.1 Å². The van der Waals surface area contributed by atoms with Crippen LogP contribution in [-0.4, -0.2) is 25.0 Å². The van der Waals surface area contributed by atoms with E-state index < -0.39 is 18.4 Å². The summed E-state index contributed by atoms with van der Waals surface area (Å²) in [6.45, 7) is -0.794. The van der Waals surface area contributed by atoms with E-state index in [0.29, 0.717) is 15.8 Å². The van der Waals surface area contributed by atoms with Crippen molar-refractivity contribution in [2.24, 2.45) is 0 Å².